The van der Waals surface area contributed by atoms with E-state index in [9.17, 15) is 14.7 Å². The number of anilines is 1. The van der Waals surface area contributed by atoms with E-state index in [2.05, 4.69) is 4.90 Å². The summed E-state index contributed by atoms with van der Waals surface area (Å²) in [6, 6.07) is 15.6. The summed E-state index contributed by atoms with van der Waals surface area (Å²) in [5.41, 5.74) is 2.77. The molecule has 0 unspecified atom stereocenters. The summed E-state index contributed by atoms with van der Waals surface area (Å²) < 4.78 is 11.3. The van der Waals surface area contributed by atoms with Crippen LogP contribution < -0.4 is 9.64 Å². The summed E-state index contributed by atoms with van der Waals surface area (Å²) in [7, 11) is 1.68. The summed E-state index contributed by atoms with van der Waals surface area (Å²) in [5, 5.41) is 12.1. The maximum atomic E-state index is 13.7. The predicted octanol–water partition coefficient (Wildman–Crippen LogP) is 3.74. The molecule has 5 rings (SSSR count). The summed E-state index contributed by atoms with van der Waals surface area (Å²) in [5.74, 6) is -0.381. The molecule has 1 fully saturated rings. The second kappa shape index (κ2) is 11.0. The van der Waals surface area contributed by atoms with E-state index in [4.69, 9.17) is 14.5 Å². The Labute approximate surface area is 220 Å². The Hall–Kier alpha value is -3.27. The molecule has 0 radical (unpaired) electrons. The summed E-state index contributed by atoms with van der Waals surface area (Å²) >= 11 is 1.37. The largest absolute Gasteiger partial charge is 0.492 e. The molecule has 8 nitrogen and oxygen atoms in total. The van der Waals surface area contributed by atoms with Crippen LogP contribution in [0.3, 0.4) is 0 Å². The number of carboxylic acid groups (broad SMARTS) is 1. The van der Waals surface area contributed by atoms with Crippen LogP contribution in [-0.4, -0.2) is 73.4 Å². The molecule has 1 aliphatic carbocycles. The number of nitrogens with zero attached hydrogens (tertiary/aromatic N) is 3. The van der Waals surface area contributed by atoms with Crippen LogP contribution >= 0.6 is 11.3 Å². The normalized spacial score (nSPS) is 16.8. The summed E-state index contributed by atoms with van der Waals surface area (Å²) in [6.07, 6.45) is 0.629. The van der Waals surface area contributed by atoms with Crippen molar-refractivity contribution in [2.75, 3.05) is 51.4 Å². The molecule has 3 aromatic rings. The van der Waals surface area contributed by atoms with Crippen LogP contribution in [0.1, 0.15) is 17.5 Å². The topological polar surface area (TPSA) is 92.2 Å². The number of morpholine rings is 1. The third-order valence-electron chi connectivity index (χ3n) is 7.13. The van der Waals surface area contributed by atoms with Crippen LogP contribution in [0.25, 0.3) is 11.3 Å². The number of amides is 1. The fourth-order valence-electron chi connectivity index (χ4n) is 5.17. The molecule has 0 atom stereocenters. The lowest BCUT2D eigenvalue weighted by molar-refractivity contribution is -0.144. The molecular weight excluding hydrogens is 490 g/mol. The minimum Gasteiger partial charge on any atom is -0.492 e. The standard InChI is InChI=1S/C28H31N3O5S/c1-30(26(34)28(18-25(32)33)16-21-4-2-3-5-22(21)17-28)27-29-24(19-37-27)20-6-8-23(9-7-20)36-15-12-31-10-13-35-14-11-31/h2-9,19H,10-18H2,1H3,(H,32,33). The van der Waals surface area contributed by atoms with Gasteiger partial charge >= 0.3 is 5.97 Å². The van der Waals surface area contributed by atoms with Gasteiger partial charge in [-0.3, -0.25) is 19.4 Å². The van der Waals surface area contributed by atoms with Crippen molar-refractivity contribution in [3.05, 3.63) is 65.0 Å². The van der Waals surface area contributed by atoms with Gasteiger partial charge in [-0.1, -0.05) is 24.3 Å². The Morgan fingerprint density at radius 1 is 1.11 bits per heavy atom. The van der Waals surface area contributed by atoms with Gasteiger partial charge < -0.3 is 14.6 Å². The number of carbonyl (C=O) groups excluding carboxylic acids is 1. The molecular formula is C28H31N3O5S. The first-order valence-corrected chi connectivity index (χ1v) is 13.4. The average molecular weight is 522 g/mol. The monoisotopic (exact) mass is 521 g/mol. The third kappa shape index (κ3) is 5.69. The van der Waals surface area contributed by atoms with E-state index in [1.807, 2.05) is 53.9 Å². The van der Waals surface area contributed by atoms with Crippen molar-refractivity contribution in [1.29, 1.82) is 0 Å². The van der Waals surface area contributed by atoms with Crippen LogP contribution in [0.5, 0.6) is 5.75 Å². The van der Waals surface area contributed by atoms with Gasteiger partial charge in [-0.15, -0.1) is 11.3 Å². The van der Waals surface area contributed by atoms with Crippen molar-refractivity contribution in [2.24, 2.45) is 5.41 Å². The number of aromatic nitrogens is 1. The van der Waals surface area contributed by atoms with Crippen LogP contribution in [0.4, 0.5) is 5.13 Å². The van der Waals surface area contributed by atoms with E-state index in [1.165, 1.54) is 16.2 Å². The lowest BCUT2D eigenvalue weighted by Gasteiger charge is -2.30. The van der Waals surface area contributed by atoms with Gasteiger partial charge in [0.25, 0.3) is 0 Å². The van der Waals surface area contributed by atoms with E-state index < -0.39 is 11.4 Å². The Kier molecular flexibility index (Phi) is 7.55. The second-order valence-electron chi connectivity index (χ2n) is 9.68. The van der Waals surface area contributed by atoms with Crippen LogP contribution in [0.2, 0.25) is 0 Å². The Morgan fingerprint density at radius 3 is 2.43 bits per heavy atom. The van der Waals surface area contributed by atoms with Gasteiger partial charge in [0, 0.05) is 37.6 Å². The Morgan fingerprint density at radius 2 is 1.78 bits per heavy atom. The van der Waals surface area contributed by atoms with E-state index in [0.29, 0.717) is 24.6 Å². The molecule has 9 heteroatoms. The lowest BCUT2D eigenvalue weighted by Crippen LogP contribution is -2.44. The van der Waals surface area contributed by atoms with Gasteiger partial charge in [-0.25, -0.2) is 4.98 Å². The zero-order chi connectivity index (χ0) is 25.8. The van der Waals surface area contributed by atoms with Gasteiger partial charge in [0.1, 0.15) is 12.4 Å². The summed E-state index contributed by atoms with van der Waals surface area (Å²) in [4.78, 5) is 34.0. The second-order valence-corrected chi connectivity index (χ2v) is 10.5. The van der Waals surface area contributed by atoms with Crippen LogP contribution in [0.15, 0.2) is 53.9 Å². The quantitative estimate of drug-likeness (QED) is 0.459. The zero-order valence-corrected chi connectivity index (χ0v) is 21.7. The highest BCUT2D eigenvalue weighted by atomic mass is 32.1. The maximum Gasteiger partial charge on any atom is 0.304 e. The SMILES string of the molecule is CN(C(=O)C1(CC(=O)O)Cc2ccccc2C1)c1nc(-c2ccc(OCCN3CCOCC3)cc2)cs1. The van der Waals surface area contributed by atoms with Crippen molar-refractivity contribution in [3.8, 4) is 17.0 Å². The first kappa shape index (κ1) is 25.4. The van der Waals surface area contributed by atoms with E-state index >= 15 is 0 Å². The average Bonchev–Trinajstić information content (AvgIpc) is 3.54. The van der Waals surface area contributed by atoms with E-state index in [1.54, 1.807) is 7.05 Å². The number of carboxylic acids is 1. The van der Waals surface area contributed by atoms with Gasteiger partial charge in [0.2, 0.25) is 5.91 Å². The summed E-state index contributed by atoms with van der Waals surface area (Å²) in [6.45, 7) is 4.93. The van der Waals surface area contributed by atoms with Gasteiger partial charge in [-0.05, 0) is 48.2 Å². The van der Waals surface area contributed by atoms with Crippen molar-refractivity contribution in [1.82, 2.24) is 9.88 Å². The van der Waals surface area contributed by atoms with Crippen LogP contribution in [-0.2, 0) is 27.2 Å². The van der Waals surface area contributed by atoms with Gasteiger partial charge in [0.05, 0.1) is 30.7 Å². The highest BCUT2D eigenvalue weighted by molar-refractivity contribution is 7.14. The number of hydrogen-bond acceptors (Lipinski definition) is 7. The Bertz CT molecular complexity index is 1230. The van der Waals surface area contributed by atoms with Crippen molar-refractivity contribution >= 4 is 28.3 Å². The predicted molar refractivity (Wildman–Crippen MR) is 142 cm³/mol. The number of ether oxygens (including phenoxy) is 2. The highest BCUT2D eigenvalue weighted by Crippen LogP contribution is 2.42. The first-order valence-electron chi connectivity index (χ1n) is 12.5. The molecule has 1 aliphatic heterocycles. The first-order chi connectivity index (χ1) is 17.9. The number of hydrogen-bond donors (Lipinski definition) is 1. The third-order valence-corrected chi connectivity index (χ3v) is 8.05. The minimum absolute atomic E-state index is 0.212. The van der Waals surface area contributed by atoms with Gasteiger partial charge in [-0.2, -0.15) is 0 Å². The molecule has 1 saturated heterocycles. The highest BCUT2D eigenvalue weighted by Gasteiger charge is 2.47. The smallest absolute Gasteiger partial charge is 0.304 e. The lowest BCUT2D eigenvalue weighted by atomic mass is 9.80. The molecule has 2 heterocycles. The fourth-order valence-corrected chi connectivity index (χ4v) is 5.97. The molecule has 0 saturated carbocycles. The van der Waals surface area contributed by atoms with Crippen molar-refractivity contribution < 1.29 is 24.2 Å². The van der Waals surface area contributed by atoms with Crippen molar-refractivity contribution in [3.63, 3.8) is 0 Å². The maximum absolute atomic E-state index is 13.7. The van der Waals surface area contributed by atoms with Gasteiger partial charge in [0.15, 0.2) is 5.13 Å². The fraction of sp³-hybridized carbons (Fsp3) is 0.393. The molecule has 2 aromatic carbocycles. The van der Waals surface area contributed by atoms with Crippen LogP contribution in [0, 0.1) is 5.41 Å². The molecule has 1 N–H and O–H groups in total. The minimum atomic E-state index is -1.00. The number of rotatable bonds is 9. The molecule has 194 valence electrons. The molecule has 37 heavy (non-hydrogen) atoms. The van der Waals surface area contributed by atoms with E-state index in [0.717, 1.165) is 61.0 Å². The number of fused-ring (bicyclic) bond motifs is 1. The number of aliphatic carboxylic acids is 1. The van der Waals surface area contributed by atoms with Crippen molar-refractivity contribution in [2.45, 2.75) is 19.3 Å². The zero-order valence-electron chi connectivity index (χ0n) is 20.9. The van der Waals surface area contributed by atoms with E-state index in [-0.39, 0.29) is 12.3 Å². The molecule has 1 aromatic heterocycles. The number of thiazole rings is 1. The molecule has 0 bridgehead atoms. The number of benzene rings is 2. The Balaban J connectivity index is 1.24. The number of carbonyl (C=O) groups is 2. The molecule has 1 amide bonds. The molecule has 2 aliphatic rings. The molecule has 0 spiro atoms.